The van der Waals surface area contributed by atoms with Gasteiger partial charge in [0.25, 0.3) is 0 Å². The first-order valence-corrected chi connectivity index (χ1v) is 5.10. The van der Waals surface area contributed by atoms with E-state index in [4.69, 9.17) is 0 Å². The van der Waals surface area contributed by atoms with Gasteiger partial charge in [-0.25, -0.2) is 4.98 Å². The van der Waals surface area contributed by atoms with Crippen LogP contribution in [0.1, 0.15) is 31.5 Å². The molecule has 1 rings (SSSR count). The molecule has 0 aliphatic rings. The Bertz CT molecular complexity index is 278. The second kappa shape index (κ2) is 5.60. The van der Waals surface area contributed by atoms with Crippen molar-refractivity contribution in [3.8, 4) is 0 Å². The van der Waals surface area contributed by atoms with Crippen molar-refractivity contribution in [1.82, 2.24) is 14.9 Å². The number of nitrogens with one attached hydrogen (secondary N) is 1. The predicted octanol–water partition coefficient (Wildman–Crippen LogP) is 2.04. The first-order chi connectivity index (χ1) is 6.77. The number of aromatic nitrogens is 2. The Kier molecular flexibility index (Phi) is 4.40. The van der Waals surface area contributed by atoms with Gasteiger partial charge in [-0.15, -0.1) is 6.58 Å². The van der Waals surface area contributed by atoms with Gasteiger partial charge >= 0.3 is 0 Å². The van der Waals surface area contributed by atoms with Crippen LogP contribution in [0.25, 0.3) is 0 Å². The first-order valence-electron chi connectivity index (χ1n) is 5.10. The molecule has 1 aromatic heterocycles. The maximum Gasteiger partial charge on any atom is 0.0947 e. The SMILES string of the molecule is C=CCC(NCCC)c1cn(C)cn1. The quantitative estimate of drug-likeness (QED) is 0.701. The second-order valence-corrected chi connectivity index (χ2v) is 3.50. The molecule has 1 N–H and O–H groups in total. The molecule has 0 saturated carbocycles. The van der Waals surface area contributed by atoms with Gasteiger partial charge in [-0.05, 0) is 19.4 Å². The molecule has 0 aromatic carbocycles. The minimum atomic E-state index is 0.314. The average molecular weight is 193 g/mol. The number of nitrogens with zero attached hydrogens (tertiary/aromatic N) is 2. The third-order valence-corrected chi connectivity index (χ3v) is 2.12. The highest BCUT2D eigenvalue weighted by molar-refractivity contribution is 5.05. The lowest BCUT2D eigenvalue weighted by Gasteiger charge is -2.13. The molecule has 1 heterocycles. The number of hydrogen-bond acceptors (Lipinski definition) is 2. The van der Waals surface area contributed by atoms with Crippen LogP contribution >= 0.6 is 0 Å². The zero-order valence-electron chi connectivity index (χ0n) is 9.03. The van der Waals surface area contributed by atoms with E-state index in [2.05, 4.69) is 30.0 Å². The van der Waals surface area contributed by atoms with Crippen LogP contribution in [-0.4, -0.2) is 16.1 Å². The fourth-order valence-electron chi connectivity index (χ4n) is 1.41. The Morgan fingerprint density at radius 1 is 1.71 bits per heavy atom. The van der Waals surface area contributed by atoms with E-state index in [1.807, 2.05) is 24.0 Å². The molecule has 0 radical (unpaired) electrons. The zero-order valence-corrected chi connectivity index (χ0v) is 9.03. The predicted molar refractivity (Wildman–Crippen MR) is 59.1 cm³/mol. The largest absolute Gasteiger partial charge is 0.340 e. The summed E-state index contributed by atoms with van der Waals surface area (Å²) in [5.74, 6) is 0. The summed E-state index contributed by atoms with van der Waals surface area (Å²) in [6.45, 7) is 6.95. The highest BCUT2D eigenvalue weighted by atomic mass is 15.0. The van der Waals surface area contributed by atoms with Gasteiger partial charge in [-0.1, -0.05) is 13.0 Å². The summed E-state index contributed by atoms with van der Waals surface area (Å²) in [5, 5.41) is 3.45. The maximum absolute atomic E-state index is 4.34. The molecule has 3 heteroatoms. The van der Waals surface area contributed by atoms with E-state index in [0.717, 1.165) is 25.1 Å². The molecular formula is C11H19N3. The smallest absolute Gasteiger partial charge is 0.0947 e. The van der Waals surface area contributed by atoms with E-state index < -0.39 is 0 Å². The van der Waals surface area contributed by atoms with E-state index in [0.29, 0.717) is 6.04 Å². The number of imidazole rings is 1. The van der Waals surface area contributed by atoms with Crippen LogP contribution in [0.4, 0.5) is 0 Å². The molecule has 0 aliphatic carbocycles. The number of aryl methyl sites for hydroxylation is 1. The minimum absolute atomic E-state index is 0.314. The van der Waals surface area contributed by atoms with Crippen molar-refractivity contribution in [2.45, 2.75) is 25.8 Å². The molecule has 0 aliphatic heterocycles. The van der Waals surface area contributed by atoms with Gasteiger partial charge in [0, 0.05) is 13.2 Å². The molecule has 14 heavy (non-hydrogen) atoms. The normalized spacial score (nSPS) is 12.7. The Morgan fingerprint density at radius 2 is 2.50 bits per heavy atom. The Morgan fingerprint density at radius 3 is 3.00 bits per heavy atom. The van der Waals surface area contributed by atoms with Crippen molar-refractivity contribution in [3.05, 3.63) is 30.9 Å². The van der Waals surface area contributed by atoms with Gasteiger partial charge in [-0.2, -0.15) is 0 Å². The van der Waals surface area contributed by atoms with E-state index >= 15 is 0 Å². The van der Waals surface area contributed by atoms with Gasteiger partial charge in [0.2, 0.25) is 0 Å². The number of hydrogen-bond donors (Lipinski definition) is 1. The van der Waals surface area contributed by atoms with Gasteiger partial charge in [0.05, 0.1) is 18.1 Å². The minimum Gasteiger partial charge on any atom is -0.340 e. The zero-order chi connectivity index (χ0) is 10.4. The van der Waals surface area contributed by atoms with Gasteiger partial charge in [-0.3, -0.25) is 0 Å². The molecular weight excluding hydrogens is 174 g/mol. The lowest BCUT2D eigenvalue weighted by atomic mass is 10.1. The van der Waals surface area contributed by atoms with Crippen LogP contribution in [0.5, 0.6) is 0 Å². The summed E-state index contributed by atoms with van der Waals surface area (Å²) in [7, 11) is 1.99. The van der Waals surface area contributed by atoms with Gasteiger partial charge < -0.3 is 9.88 Å². The Labute approximate surface area is 85.8 Å². The van der Waals surface area contributed by atoms with Crippen LogP contribution in [0.3, 0.4) is 0 Å². The van der Waals surface area contributed by atoms with Crippen molar-refractivity contribution in [3.63, 3.8) is 0 Å². The summed E-state index contributed by atoms with van der Waals surface area (Å²) in [4.78, 5) is 4.34. The van der Waals surface area contributed by atoms with E-state index in [9.17, 15) is 0 Å². The number of rotatable bonds is 6. The molecule has 1 unspecified atom stereocenters. The van der Waals surface area contributed by atoms with Crippen LogP contribution in [0.2, 0.25) is 0 Å². The highest BCUT2D eigenvalue weighted by Gasteiger charge is 2.10. The average Bonchev–Trinajstić information content (AvgIpc) is 2.59. The molecule has 0 amide bonds. The second-order valence-electron chi connectivity index (χ2n) is 3.50. The van der Waals surface area contributed by atoms with Crippen molar-refractivity contribution in [2.24, 2.45) is 7.05 Å². The molecule has 1 aromatic rings. The molecule has 1 atom stereocenters. The lowest BCUT2D eigenvalue weighted by molar-refractivity contribution is 0.527. The van der Waals surface area contributed by atoms with Crippen LogP contribution < -0.4 is 5.32 Å². The maximum atomic E-state index is 4.34. The van der Waals surface area contributed by atoms with Crippen molar-refractivity contribution in [1.29, 1.82) is 0 Å². The fraction of sp³-hybridized carbons (Fsp3) is 0.545. The topological polar surface area (TPSA) is 29.9 Å². The third kappa shape index (κ3) is 3.00. The molecule has 0 fully saturated rings. The van der Waals surface area contributed by atoms with Crippen LogP contribution in [0, 0.1) is 0 Å². The Hall–Kier alpha value is -1.09. The summed E-state index contributed by atoms with van der Waals surface area (Å²) < 4.78 is 1.97. The van der Waals surface area contributed by atoms with Crippen LogP contribution in [-0.2, 0) is 7.05 Å². The standard InChI is InChI=1S/C11H19N3/c1-4-6-10(12-7-5-2)11-8-14(3)9-13-11/h4,8-10,12H,1,5-7H2,2-3H3. The highest BCUT2D eigenvalue weighted by Crippen LogP contribution is 2.14. The monoisotopic (exact) mass is 193 g/mol. The van der Waals surface area contributed by atoms with Crippen molar-refractivity contribution in [2.75, 3.05) is 6.54 Å². The van der Waals surface area contributed by atoms with E-state index in [1.54, 1.807) is 0 Å². The van der Waals surface area contributed by atoms with Crippen molar-refractivity contribution >= 4 is 0 Å². The first kappa shape index (κ1) is 11.0. The summed E-state index contributed by atoms with van der Waals surface area (Å²) >= 11 is 0. The third-order valence-electron chi connectivity index (χ3n) is 2.12. The van der Waals surface area contributed by atoms with E-state index in [-0.39, 0.29) is 0 Å². The molecule has 3 nitrogen and oxygen atoms in total. The summed E-state index contributed by atoms with van der Waals surface area (Å²) in [5.41, 5.74) is 1.10. The van der Waals surface area contributed by atoms with Crippen molar-refractivity contribution < 1.29 is 0 Å². The summed E-state index contributed by atoms with van der Waals surface area (Å²) in [6, 6.07) is 0.314. The molecule has 0 saturated heterocycles. The molecule has 0 spiro atoms. The van der Waals surface area contributed by atoms with E-state index in [1.165, 1.54) is 0 Å². The lowest BCUT2D eigenvalue weighted by Crippen LogP contribution is -2.21. The van der Waals surface area contributed by atoms with Gasteiger partial charge in [0.15, 0.2) is 0 Å². The molecule has 0 bridgehead atoms. The molecule has 78 valence electrons. The van der Waals surface area contributed by atoms with Gasteiger partial charge in [0.1, 0.15) is 0 Å². The van der Waals surface area contributed by atoms with Crippen LogP contribution in [0.15, 0.2) is 25.2 Å². The fourth-order valence-corrected chi connectivity index (χ4v) is 1.41. The summed E-state index contributed by atoms with van der Waals surface area (Å²) in [6.07, 6.45) is 7.88. The Balaban J connectivity index is 2.61.